The molecule has 4 nitrogen and oxygen atoms in total. The molecular formula is C12H25N3O. The number of nitrogens with zero attached hydrogens (tertiary/aromatic N) is 1. The summed E-state index contributed by atoms with van der Waals surface area (Å²) in [6, 6.07) is 0.446. The van der Waals surface area contributed by atoms with Crippen molar-refractivity contribution in [2.75, 3.05) is 32.8 Å². The molecule has 4 heteroatoms. The Kier molecular flexibility index (Phi) is 5.03. The van der Waals surface area contributed by atoms with Gasteiger partial charge in [-0.2, -0.15) is 0 Å². The number of hydrazine groups is 1. The van der Waals surface area contributed by atoms with Crippen molar-refractivity contribution < 1.29 is 4.74 Å². The van der Waals surface area contributed by atoms with E-state index in [4.69, 9.17) is 10.5 Å². The first-order chi connectivity index (χ1) is 7.90. The Hall–Kier alpha value is -0.160. The van der Waals surface area contributed by atoms with Crippen LogP contribution in [0.4, 0.5) is 0 Å². The van der Waals surface area contributed by atoms with E-state index in [9.17, 15) is 0 Å². The van der Waals surface area contributed by atoms with Crippen LogP contribution < -0.4 is 11.2 Å². The maximum Gasteiger partial charge on any atom is 0.0469 e. The Morgan fingerprint density at radius 1 is 1.19 bits per heavy atom. The van der Waals surface area contributed by atoms with Crippen molar-refractivity contribution in [3.63, 3.8) is 0 Å². The first-order valence-electron chi connectivity index (χ1n) is 6.69. The van der Waals surface area contributed by atoms with E-state index in [1.165, 1.54) is 32.4 Å². The van der Waals surface area contributed by atoms with Gasteiger partial charge in [0.2, 0.25) is 0 Å². The van der Waals surface area contributed by atoms with E-state index in [0.717, 1.165) is 32.6 Å². The van der Waals surface area contributed by atoms with Crippen molar-refractivity contribution in [2.24, 2.45) is 11.7 Å². The van der Waals surface area contributed by atoms with E-state index in [1.54, 1.807) is 0 Å². The minimum Gasteiger partial charge on any atom is -0.381 e. The maximum absolute atomic E-state index is 5.89. The lowest BCUT2D eigenvalue weighted by molar-refractivity contribution is 0.0331. The average molecular weight is 227 g/mol. The molecule has 0 amide bonds. The van der Waals surface area contributed by atoms with Gasteiger partial charge < -0.3 is 10.5 Å². The molecule has 1 unspecified atom stereocenters. The molecule has 94 valence electrons. The highest BCUT2D eigenvalue weighted by Crippen LogP contribution is 2.19. The van der Waals surface area contributed by atoms with Crippen LogP contribution in [-0.2, 0) is 4.74 Å². The second-order valence-electron chi connectivity index (χ2n) is 4.97. The van der Waals surface area contributed by atoms with Gasteiger partial charge >= 0.3 is 0 Å². The van der Waals surface area contributed by atoms with Crippen molar-refractivity contribution in [2.45, 2.75) is 38.1 Å². The maximum atomic E-state index is 5.89. The Bertz CT molecular complexity index is 189. The molecule has 2 heterocycles. The summed E-state index contributed by atoms with van der Waals surface area (Å²) in [5.74, 6) is 0.695. The van der Waals surface area contributed by atoms with Crippen LogP contribution in [0.2, 0.25) is 0 Å². The molecule has 0 aromatic carbocycles. The number of ether oxygens (including phenoxy) is 1. The average Bonchev–Trinajstić information content (AvgIpc) is 2.38. The van der Waals surface area contributed by atoms with Gasteiger partial charge in [-0.3, -0.25) is 5.43 Å². The van der Waals surface area contributed by atoms with Crippen LogP contribution in [-0.4, -0.2) is 43.9 Å². The summed E-state index contributed by atoms with van der Waals surface area (Å²) < 4.78 is 5.40. The van der Waals surface area contributed by atoms with Crippen LogP contribution in [0.5, 0.6) is 0 Å². The Labute approximate surface area is 98.5 Å². The molecule has 2 aliphatic rings. The van der Waals surface area contributed by atoms with E-state index in [2.05, 4.69) is 10.4 Å². The molecule has 0 spiro atoms. The summed E-state index contributed by atoms with van der Waals surface area (Å²) in [6.07, 6.45) is 6.32. The molecule has 1 atom stereocenters. The molecule has 0 aromatic heterocycles. The molecule has 0 aromatic rings. The number of hydrogen-bond acceptors (Lipinski definition) is 4. The number of nitrogens with two attached hydrogens (primary N) is 1. The number of rotatable bonds is 4. The van der Waals surface area contributed by atoms with E-state index in [-0.39, 0.29) is 0 Å². The fourth-order valence-corrected chi connectivity index (χ4v) is 2.73. The number of piperidine rings is 1. The van der Waals surface area contributed by atoms with E-state index in [0.29, 0.717) is 12.0 Å². The van der Waals surface area contributed by atoms with Crippen LogP contribution in [0, 0.1) is 5.92 Å². The summed E-state index contributed by atoms with van der Waals surface area (Å²) in [6.45, 7) is 4.91. The van der Waals surface area contributed by atoms with Gasteiger partial charge in [0, 0.05) is 38.9 Å². The van der Waals surface area contributed by atoms with Crippen LogP contribution in [0.3, 0.4) is 0 Å². The van der Waals surface area contributed by atoms with E-state index >= 15 is 0 Å². The summed E-state index contributed by atoms with van der Waals surface area (Å²) in [7, 11) is 0. The first-order valence-corrected chi connectivity index (χ1v) is 6.69. The molecule has 16 heavy (non-hydrogen) atoms. The van der Waals surface area contributed by atoms with Crippen molar-refractivity contribution >= 4 is 0 Å². The standard InChI is InChI=1S/C12H25N3O/c13-10-12(11-4-8-16-9-5-11)14-15-6-2-1-3-7-15/h11-12,14H,1-10,13H2. The molecular weight excluding hydrogens is 202 g/mol. The van der Waals surface area contributed by atoms with Crippen LogP contribution in [0.15, 0.2) is 0 Å². The second kappa shape index (κ2) is 6.55. The van der Waals surface area contributed by atoms with Gasteiger partial charge in [0.15, 0.2) is 0 Å². The summed E-state index contributed by atoms with van der Waals surface area (Å²) in [5.41, 5.74) is 9.52. The minimum absolute atomic E-state index is 0.446. The lowest BCUT2D eigenvalue weighted by Crippen LogP contribution is -2.53. The third kappa shape index (κ3) is 3.42. The lowest BCUT2D eigenvalue weighted by Gasteiger charge is -2.36. The topological polar surface area (TPSA) is 50.5 Å². The van der Waals surface area contributed by atoms with Gasteiger partial charge in [-0.05, 0) is 31.6 Å². The SMILES string of the molecule is NCC(NN1CCCCC1)C1CCOCC1. The number of nitrogens with one attached hydrogen (secondary N) is 1. The summed E-state index contributed by atoms with van der Waals surface area (Å²) >= 11 is 0. The van der Waals surface area contributed by atoms with Gasteiger partial charge in [-0.15, -0.1) is 0 Å². The van der Waals surface area contributed by atoms with Crippen LogP contribution >= 0.6 is 0 Å². The first kappa shape index (κ1) is 12.3. The fourth-order valence-electron chi connectivity index (χ4n) is 2.73. The van der Waals surface area contributed by atoms with Crippen molar-refractivity contribution in [1.82, 2.24) is 10.4 Å². The molecule has 2 saturated heterocycles. The zero-order valence-electron chi connectivity index (χ0n) is 10.2. The normalized spacial score (nSPS) is 26.8. The van der Waals surface area contributed by atoms with Crippen molar-refractivity contribution in [3.05, 3.63) is 0 Å². The van der Waals surface area contributed by atoms with Gasteiger partial charge in [0.25, 0.3) is 0 Å². The highest BCUT2D eigenvalue weighted by atomic mass is 16.5. The molecule has 0 bridgehead atoms. The van der Waals surface area contributed by atoms with Crippen LogP contribution in [0.1, 0.15) is 32.1 Å². The largest absolute Gasteiger partial charge is 0.381 e. The highest BCUT2D eigenvalue weighted by Gasteiger charge is 2.24. The van der Waals surface area contributed by atoms with Gasteiger partial charge in [0.05, 0.1) is 0 Å². The number of hydrogen-bond donors (Lipinski definition) is 2. The Balaban J connectivity index is 1.78. The Morgan fingerprint density at radius 3 is 2.50 bits per heavy atom. The lowest BCUT2D eigenvalue weighted by atomic mass is 9.92. The monoisotopic (exact) mass is 227 g/mol. The highest BCUT2D eigenvalue weighted by molar-refractivity contribution is 4.79. The van der Waals surface area contributed by atoms with Gasteiger partial charge in [-0.1, -0.05) is 6.42 Å². The zero-order chi connectivity index (χ0) is 11.2. The predicted octanol–water partition coefficient (Wildman–Crippen LogP) is 0.731. The third-order valence-electron chi connectivity index (χ3n) is 3.79. The van der Waals surface area contributed by atoms with Crippen LogP contribution in [0.25, 0.3) is 0 Å². The molecule has 2 aliphatic heterocycles. The smallest absolute Gasteiger partial charge is 0.0469 e. The third-order valence-corrected chi connectivity index (χ3v) is 3.79. The van der Waals surface area contributed by atoms with Gasteiger partial charge in [-0.25, -0.2) is 5.01 Å². The zero-order valence-corrected chi connectivity index (χ0v) is 10.2. The molecule has 2 fully saturated rings. The summed E-state index contributed by atoms with van der Waals surface area (Å²) in [4.78, 5) is 0. The summed E-state index contributed by atoms with van der Waals surface area (Å²) in [5, 5.41) is 2.37. The molecule has 2 rings (SSSR count). The second-order valence-corrected chi connectivity index (χ2v) is 4.97. The molecule has 0 radical (unpaired) electrons. The molecule has 3 N–H and O–H groups in total. The van der Waals surface area contributed by atoms with Crippen molar-refractivity contribution in [3.8, 4) is 0 Å². The van der Waals surface area contributed by atoms with E-state index in [1.807, 2.05) is 0 Å². The molecule has 0 saturated carbocycles. The van der Waals surface area contributed by atoms with Crippen molar-refractivity contribution in [1.29, 1.82) is 0 Å². The Morgan fingerprint density at radius 2 is 1.88 bits per heavy atom. The predicted molar refractivity (Wildman–Crippen MR) is 64.9 cm³/mol. The minimum atomic E-state index is 0.446. The quantitative estimate of drug-likeness (QED) is 0.743. The van der Waals surface area contributed by atoms with E-state index < -0.39 is 0 Å². The molecule has 0 aliphatic carbocycles. The van der Waals surface area contributed by atoms with Gasteiger partial charge in [0.1, 0.15) is 0 Å². The fraction of sp³-hybridized carbons (Fsp3) is 1.00.